The first-order chi connectivity index (χ1) is 10.2. The van der Waals surface area contributed by atoms with Gasteiger partial charge in [-0.3, -0.25) is 4.79 Å². The van der Waals surface area contributed by atoms with Crippen LogP contribution in [0.5, 0.6) is 5.75 Å². The van der Waals surface area contributed by atoms with E-state index in [-0.39, 0.29) is 11.7 Å². The highest BCUT2D eigenvalue weighted by Crippen LogP contribution is 2.18. The lowest BCUT2D eigenvalue weighted by atomic mass is 10.1. The van der Waals surface area contributed by atoms with Gasteiger partial charge in [0.2, 0.25) is 5.91 Å². The van der Waals surface area contributed by atoms with Gasteiger partial charge in [-0.05, 0) is 29.7 Å². The largest absolute Gasteiger partial charge is 0.494 e. The Hall–Kier alpha value is -2.36. The molecule has 3 nitrogen and oxygen atoms in total. The third kappa shape index (κ3) is 4.60. The van der Waals surface area contributed by atoms with E-state index < -0.39 is 5.82 Å². The molecule has 110 valence electrons. The van der Waals surface area contributed by atoms with Gasteiger partial charge < -0.3 is 10.1 Å². The third-order valence-electron chi connectivity index (χ3n) is 3.19. The van der Waals surface area contributed by atoms with Crippen molar-refractivity contribution in [2.45, 2.75) is 19.4 Å². The number of rotatable bonds is 6. The first kappa shape index (κ1) is 15.0. The van der Waals surface area contributed by atoms with Crippen LogP contribution in [-0.4, -0.2) is 13.0 Å². The summed E-state index contributed by atoms with van der Waals surface area (Å²) in [7, 11) is 1.42. The fourth-order valence-electron chi connectivity index (χ4n) is 2.01. The van der Waals surface area contributed by atoms with E-state index in [0.29, 0.717) is 19.4 Å². The van der Waals surface area contributed by atoms with E-state index in [4.69, 9.17) is 4.74 Å². The van der Waals surface area contributed by atoms with Gasteiger partial charge in [-0.1, -0.05) is 36.4 Å². The SMILES string of the molecule is COc1cc(CNC(=O)CCc2ccccc2)ccc1F. The van der Waals surface area contributed by atoms with Crippen molar-refractivity contribution in [2.24, 2.45) is 0 Å². The molecule has 0 aromatic heterocycles. The minimum atomic E-state index is -0.406. The van der Waals surface area contributed by atoms with Crippen LogP contribution in [0.2, 0.25) is 0 Å². The van der Waals surface area contributed by atoms with Crippen LogP contribution in [0.3, 0.4) is 0 Å². The Bertz CT molecular complexity index is 599. The van der Waals surface area contributed by atoms with Crippen LogP contribution in [0.25, 0.3) is 0 Å². The molecular formula is C17H18FNO2. The summed E-state index contributed by atoms with van der Waals surface area (Å²) in [6.07, 6.45) is 1.14. The lowest BCUT2D eigenvalue weighted by Gasteiger charge is -2.08. The maximum atomic E-state index is 13.3. The number of ether oxygens (including phenoxy) is 1. The molecule has 0 radical (unpaired) electrons. The number of carbonyl (C=O) groups is 1. The second-order valence-electron chi connectivity index (χ2n) is 4.73. The Morgan fingerprint density at radius 3 is 2.62 bits per heavy atom. The van der Waals surface area contributed by atoms with E-state index in [2.05, 4.69) is 5.32 Å². The van der Waals surface area contributed by atoms with Crippen LogP contribution < -0.4 is 10.1 Å². The molecule has 21 heavy (non-hydrogen) atoms. The fourth-order valence-corrected chi connectivity index (χ4v) is 2.01. The van der Waals surface area contributed by atoms with Crippen LogP contribution in [0.1, 0.15) is 17.5 Å². The fraction of sp³-hybridized carbons (Fsp3) is 0.235. The van der Waals surface area contributed by atoms with Crippen LogP contribution in [0.15, 0.2) is 48.5 Å². The van der Waals surface area contributed by atoms with Crippen molar-refractivity contribution < 1.29 is 13.9 Å². The predicted molar refractivity (Wildman–Crippen MR) is 79.6 cm³/mol. The smallest absolute Gasteiger partial charge is 0.220 e. The van der Waals surface area contributed by atoms with Gasteiger partial charge in [0.15, 0.2) is 11.6 Å². The van der Waals surface area contributed by atoms with Gasteiger partial charge in [-0.2, -0.15) is 0 Å². The van der Waals surface area contributed by atoms with Crippen LogP contribution >= 0.6 is 0 Å². The quantitative estimate of drug-likeness (QED) is 0.886. The van der Waals surface area contributed by atoms with Gasteiger partial charge in [0, 0.05) is 13.0 Å². The van der Waals surface area contributed by atoms with Crippen molar-refractivity contribution in [2.75, 3.05) is 7.11 Å². The monoisotopic (exact) mass is 287 g/mol. The van der Waals surface area contributed by atoms with Crippen LogP contribution in [0, 0.1) is 5.82 Å². The van der Waals surface area contributed by atoms with Crippen molar-refractivity contribution in [3.05, 3.63) is 65.5 Å². The summed E-state index contributed by atoms with van der Waals surface area (Å²) < 4.78 is 18.2. The van der Waals surface area contributed by atoms with Crippen LogP contribution in [0.4, 0.5) is 4.39 Å². The minimum absolute atomic E-state index is 0.0258. The first-order valence-electron chi connectivity index (χ1n) is 6.82. The molecule has 0 aliphatic rings. The topological polar surface area (TPSA) is 38.3 Å². The predicted octanol–water partition coefficient (Wildman–Crippen LogP) is 3.08. The molecule has 0 atom stereocenters. The zero-order valence-electron chi connectivity index (χ0n) is 11.9. The summed E-state index contributed by atoms with van der Waals surface area (Å²) in [6.45, 7) is 0.365. The molecule has 0 bridgehead atoms. The molecule has 4 heteroatoms. The van der Waals surface area contributed by atoms with E-state index >= 15 is 0 Å². The Labute approximate surface area is 123 Å². The second-order valence-corrected chi connectivity index (χ2v) is 4.73. The van der Waals surface area contributed by atoms with E-state index in [1.807, 2.05) is 30.3 Å². The summed E-state index contributed by atoms with van der Waals surface area (Å²) in [5.74, 6) is -0.246. The van der Waals surface area contributed by atoms with Crippen molar-refractivity contribution in [1.82, 2.24) is 5.32 Å². The molecule has 0 saturated heterocycles. The highest BCUT2D eigenvalue weighted by molar-refractivity contribution is 5.76. The Kier molecular flexibility index (Phi) is 5.32. The zero-order valence-corrected chi connectivity index (χ0v) is 11.9. The highest BCUT2D eigenvalue weighted by Gasteiger charge is 2.05. The molecule has 0 aliphatic carbocycles. The molecule has 0 fully saturated rings. The number of halogens is 1. The molecule has 2 aromatic carbocycles. The Morgan fingerprint density at radius 2 is 1.90 bits per heavy atom. The molecule has 2 aromatic rings. The van der Waals surface area contributed by atoms with E-state index in [1.54, 1.807) is 12.1 Å². The third-order valence-corrected chi connectivity index (χ3v) is 3.19. The number of hydrogen-bond donors (Lipinski definition) is 1. The number of aryl methyl sites for hydroxylation is 1. The van der Waals surface area contributed by atoms with Crippen molar-refractivity contribution in [1.29, 1.82) is 0 Å². The second kappa shape index (κ2) is 7.43. The maximum Gasteiger partial charge on any atom is 0.220 e. The molecule has 1 amide bonds. The molecule has 0 heterocycles. The number of methoxy groups -OCH3 is 1. The molecule has 2 rings (SSSR count). The normalized spacial score (nSPS) is 10.2. The molecular weight excluding hydrogens is 269 g/mol. The number of hydrogen-bond acceptors (Lipinski definition) is 2. The van der Waals surface area contributed by atoms with Gasteiger partial charge in [-0.15, -0.1) is 0 Å². The van der Waals surface area contributed by atoms with Gasteiger partial charge in [0.1, 0.15) is 0 Å². The van der Waals surface area contributed by atoms with Gasteiger partial charge in [0.25, 0.3) is 0 Å². The zero-order chi connectivity index (χ0) is 15.1. The number of nitrogens with one attached hydrogen (secondary N) is 1. The summed E-state index contributed by atoms with van der Waals surface area (Å²) in [5.41, 5.74) is 1.94. The lowest BCUT2D eigenvalue weighted by molar-refractivity contribution is -0.121. The Morgan fingerprint density at radius 1 is 1.14 bits per heavy atom. The van der Waals surface area contributed by atoms with Crippen LogP contribution in [-0.2, 0) is 17.8 Å². The summed E-state index contributed by atoms with van der Waals surface area (Å²) in [6, 6.07) is 14.4. The number of carbonyl (C=O) groups excluding carboxylic acids is 1. The maximum absolute atomic E-state index is 13.3. The van der Waals surface area contributed by atoms with Crippen molar-refractivity contribution >= 4 is 5.91 Å². The molecule has 0 unspecified atom stereocenters. The lowest BCUT2D eigenvalue weighted by Crippen LogP contribution is -2.23. The minimum Gasteiger partial charge on any atom is -0.494 e. The van der Waals surface area contributed by atoms with Crippen molar-refractivity contribution in [3.8, 4) is 5.75 Å². The van der Waals surface area contributed by atoms with Gasteiger partial charge in [-0.25, -0.2) is 4.39 Å². The van der Waals surface area contributed by atoms with Gasteiger partial charge in [0.05, 0.1) is 7.11 Å². The average molecular weight is 287 g/mol. The summed E-state index contributed by atoms with van der Waals surface area (Å²) >= 11 is 0. The Balaban J connectivity index is 1.81. The van der Waals surface area contributed by atoms with E-state index in [0.717, 1.165) is 11.1 Å². The molecule has 0 saturated carbocycles. The molecule has 0 aliphatic heterocycles. The van der Waals surface area contributed by atoms with Gasteiger partial charge >= 0.3 is 0 Å². The first-order valence-corrected chi connectivity index (χ1v) is 6.82. The summed E-state index contributed by atoms with van der Waals surface area (Å²) in [5, 5.41) is 2.82. The standard InChI is InChI=1S/C17H18FNO2/c1-21-16-11-14(7-9-15(16)18)12-19-17(20)10-8-13-5-3-2-4-6-13/h2-7,9,11H,8,10,12H2,1H3,(H,19,20). The summed E-state index contributed by atoms with van der Waals surface area (Å²) in [4.78, 5) is 11.8. The van der Waals surface area contributed by atoms with E-state index in [9.17, 15) is 9.18 Å². The van der Waals surface area contributed by atoms with E-state index in [1.165, 1.54) is 13.2 Å². The molecule has 1 N–H and O–H groups in total. The van der Waals surface area contributed by atoms with Crippen molar-refractivity contribution in [3.63, 3.8) is 0 Å². The number of amides is 1. The molecule has 0 spiro atoms. The number of benzene rings is 2. The average Bonchev–Trinajstić information content (AvgIpc) is 2.53. The highest BCUT2D eigenvalue weighted by atomic mass is 19.1.